The fourth-order valence-electron chi connectivity index (χ4n) is 2.24. The number of methoxy groups -OCH3 is 1. The van der Waals surface area contributed by atoms with E-state index in [1.54, 1.807) is 25.3 Å². The lowest BCUT2D eigenvalue weighted by molar-refractivity contribution is 0.116. The molecular formula is C14H16FN3O2S. The molecule has 7 heteroatoms. The second kappa shape index (κ2) is 6.55. The molecule has 0 amide bonds. The van der Waals surface area contributed by atoms with Gasteiger partial charge in [-0.1, -0.05) is 17.3 Å². The molecule has 112 valence electrons. The molecule has 5 nitrogen and oxygen atoms in total. The molecule has 21 heavy (non-hydrogen) atoms. The van der Waals surface area contributed by atoms with Gasteiger partial charge in [-0.2, -0.15) is 4.98 Å². The Morgan fingerprint density at radius 2 is 2.33 bits per heavy atom. The Hall–Kier alpha value is -1.44. The summed E-state index contributed by atoms with van der Waals surface area (Å²) in [4.78, 5) is 4.95. The topological polar surface area (TPSA) is 60.2 Å². The summed E-state index contributed by atoms with van der Waals surface area (Å²) in [5.74, 6) is 1.39. The van der Waals surface area contributed by atoms with E-state index in [9.17, 15) is 4.39 Å². The lowest BCUT2D eigenvalue weighted by atomic mass is 10.2. The molecular weight excluding hydrogens is 293 g/mol. The average Bonchev–Trinajstić information content (AvgIpc) is 3.15. The highest BCUT2D eigenvalue weighted by molar-refractivity contribution is 7.98. The van der Waals surface area contributed by atoms with Crippen LogP contribution >= 0.6 is 11.8 Å². The van der Waals surface area contributed by atoms with Crippen LogP contribution in [0, 0.1) is 5.82 Å². The van der Waals surface area contributed by atoms with Gasteiger partial charge >= 0.3 is 0 Å². The smallest absolute Gasteiger partial charge is 0.243 e. The van der Waals surface area contributed by atoms with Gasteiger partial charge in [0, 0.05) is 18.6 Å². The lowest BCUT2D eigenvalue weighted by Gasteiger charge is -2.04. The van der Waals surface area contributed by atoms with Crippen LogP contribution in [0.25, 0.3) is 0 Å². The molecule has 0 bridgehead atoms. The first-order valence-electron chi connectivity index (χ1n) is 6.72. The van der Waals surface area contributed by atoms with Gasteiger partial charge in [-0.25, -0.2) is 4.39 Å². The summed E-state index contributed by atoms with van der Waals surface area (Å²) in [5.41, 5.74) is 0. The maximum atomic E-state index is 13.5. The minimum absolute atomic E-state index is 0.0367. The van der Waals surface area contributed by atoms with Crippen LogP contribution in [0.15, 0.2) is 33.7 Å². The fourth-order valence-corrected chi connectivity index (χ4v) is 3.03. The van der Waals surface area contributed by atoms with Crippen molar-refractivity contribution in [2.75, 3.05) is 13.7 Å². The van der Waals surface area contributed by atoms with Crippen molar-refractivity contribution in [1.82, 2.24) is 15.5 Å². The average molecular weight is 309 g/mol. The van der Waals surface area contributed by atoms with E-state index < -0.39 is 0 Å². The number of rotatable bonds is 5. The number of hydrogen-bond acceptors (Lipinski definition) is 6. The Morgan fingerprint density at radius 1 is 1.48 bits per heavy atom. The van der Waals surface area contributed by atoms with Crippen molar-refractivity contribution in [1.29, 1.82) is 0 Å². The second-order valence-corrected chi connectivity index (χ2v) is 5.84. The summed E-state index contributed by atoms with van der Waals surface area (Å²) in [6, 6.07) is 6.69. The molecule has 0 spiro atoms. The number of ether oxygens (including phenoxy) is 1. The normalized spacial score (nSPS) is 21.8. The summed E-state index contributed by atoms with van der Waals surface area (Å²) in [6.45, 7) is 0.781. The molecule has 0 aliphatic carbocycles. The van der Waals surface area contributed by atoms with Crippen LogP contribution < -0.4 is 5.32 Å². The van der Waals surface area contributed by atoms with Crippen molar-refractivity contribution in [3.05, 3.63) is 41.8 Å². The van der Waals surface area contributed by atoms with Gasteiger partial charge in [0.1, 0.15) is 5.82 Å². The van der Waals surface area contributed by atoms with Crippen LogP contribution in [-0.4, -0.2) is 29.9 Å². The van der Waals surface area contributed by atoms with Crippen LogP contribution in [0.3, 0.4) is 0 Å². The molecule has 1 aliphatic heterocycles. The van der Waals surface area contributed by atoms with E-state index in [0.717, 1.165) is 13.0 Å². The van der Waals surface area contributed by atoms with Gasteiger partial charge in [-0.05, 0) is 18.6 Å². The first-order chi connectivity index (χ1) is 10.3. The Labute approximate surface area is 126 Å². The predicted octanol–water partition coefficient (Wildman–Crippen LogP) is 2.55. The van der Waals surface area contributed by atoms with Gasteiger partial charge in [0.15, 0.2) is 5.82 Å². The Morgan fingerprint density at radius 3 is 3.10 bits per heavy atom. The number of halogens is 1. The van der Waals surface area contributed by atoms with Crippen LogP contribution in [0.4, 0.5) is 4.39 Å². The SMILES string of the molecule is COC1CNC(c2nc(CSc3ccccc3F)no2)C1. The zero-order valence-electron chi connectivity index (χ0n) is 11.6. The molecule has 1 saturated heterocycles. The first kappa shape index (κ1) is 14.5. The molecule has 3 rings (SSSR count). The highest BCUT2D eigenvalue weighted by Crippen LogP contribution is 2.26. The number of aromatic nitrogens is 2. The Kier molecular flexibility index (Phi) is 4.52. The molecule has 2 aromatic rings. The first-order valence-corrected chi connectivity index (χ1v) is 7.71. The van der Waals surface area contributed by atoms with Crippen molar-refractivity contribution in [3.63, 3.8) is 0 Å². The van der Waals surface area contributed by atoms with E-state index in [1.807, 2.05) is 0 Å². The van der Waals surface area contributed by atoms with Crippen LogP contribution in [0.2, 0.25) is 0 Å². The van der Waals surface area contributed by atoms with E-state index in [2.05, 4.69) is 15.5 Å². The molecule has 1 fully saturated rings. The summed E-state index contributed by atoms with van der Waals surface area (Å²) in [6.07, 6.45) is 0.997. The third-order valence-corrected chi connectivity index (χ3v) is 4.44. The Balaban J connectivity index is 1.60. The number of benzene rings is 1. The van der Waals surface area contributed by atoms with Gasteiger partial charge < -0.3 is 14.6 Å². The summed E-state index contributed by atoms with van der Waals surface area (Å²) in [7, 11) is 1.69. The monoisotopic (exact) mass is 309 g/mol. The van der Waals surface area contributed by atoms with Crippen LogP contribution in [-0.2, 0) is 10.5 Å². The van der Waals surface area contributed by atoms with Crippen LogP contribution in [0.5, 0.6) is 0 Å². The third kappa shape index (κ3) is 3.42. The van der Waals surface area contributed by atoms with Gasteiger partial charge in [0.2, 0.25) is 5.89 Å². The second-order valence-electron chi connectivity index (χ2n) is 4.82. The standard InChI is InChI=1S/C14H16FN3O2S/c1-19-9-6-11(16-7-9)14-17-13(18-20-14)8-21-12-5-3-2-4-10(12)15/h2-5,9,11,16H,6-8H2,1H3. The minimum atomic E-state index is -0.230. The quantitative estimate of drug-likeness (QED) is 0.857. The van der Waals surface area contributed by atoms with Crippen LogP contribution in [0.1, 0.15) is 24.2 Å². The van der Waals surface area contributed by atoms with Crippen molar-refractivity contribution >= 4 is 11.8 Å². The number of thioether (sulfide) groups is 1. The third-order valence-electron chi connectivity index (χ3n) is 3.40. The van der Waals surface area contributed by atoms with Crippen molar-refractivity contribution in [2.45, 2.75) is 29.2 Å². The van der Waals surface area contributed by atoms with Gasteiger partial charge in [0.25, 0.3) is 0 Å². The maximum Gasteiger partial charge on any atom is 0.243 e. The molecule has 1 aromatic heterocycles. The van der Waals surface area contributed by atoms with Crippen molar-refractivity contribution in [3.8, 4) is 0 Å². The lowest BCUT2D eigenvalue weighted by Crippen LogP contribution is -2.16. The molecule has 0 saturated carbocycles. The van der Waals surface area contributed by atoms with Gasteiger partial charge in [-0.15, -0.1) is 11.8 Å². The van der Waals surface area contributed by atoms with Crippen molar-refractivity contribution < 1.29 is 13.7 Å². The highest BCUT2D eigenvalue weighted by Gasteiger charge is 2.29. The maximum absolute atomic E-state index is 13.5. The van der Waals surface area contributed by atoms with E-state index >= 15 is 0 Å². The van der Waals surface area contributed by atoms with Gasteiger partial charge in [-0.3, -0.25) is 0 Å². The summed E-state index contributed by atoms with van der Waals surface area (Å²) < 4.78 is 24.1. The number of hydrogen-bond donors (Lipinski definition) is 1. The molecule has 0 radical (unpaired) electrons. The Bertz CT molecular complexity index is 607. The summed E-state index contributed by atoms with van der Waals surface area (Å²) in [5, 5.41) is 7.23. The van der Waals surface area contributed by atoms with E-state index in [1.165, 1.54) is 17.8 Å². The predicted molar refractivity (Wildman–Crippen MR) is 76.4 cm³/mol. The minimum Gasteiger partial charge on any atom is -0.380 e. The number of nitrogens with one attached hydrogen (secondary N) is 1. The van der Waals surface area contributed by atoms with E-state index in [4.69, 9.17) is 9.26 Å². The molecule has 2 atom stereocenters. The molecule has 1 aliphatic rings. The molecule has 1 aromatic carbocycles. The zero-order valence-corrected chi connectivity index (χ0v) is 12.4. The zero-order chi connectivity index (χ0) is 14.7. The van der Waals surface area contributed by atoms with E-state index in [-0.39, 0.29) is 18.0 Å². The molecule has 1 N–H and O–H groups in total. The van der Waals surface area contributed by atoms with Crippen molar-refractivity contribution in [2.24, 2.45) is 0 Å². The summed E-state index contributed by atoms with van der Waals surface area (Å²) >= 11 is 1.36. The molecule has 2 heterocycles. The largest absolute Gasteiger partial charge is 0.380 e. The highest BCUT2D eigenvalue weighted by atomic mass is 32.2. The number of nitrogens with zero attached hydrogens (tertiary/aromatic N) is 2. The fraction of sp³-hybridized carbons (Fsp3) is 0.429. The molecule has 2 unspecified atom stereocenters. The van der Waals surface area contributed by atoms with E-state index in [0.29, 0.717) is 22.4 Å². The van der Waals surface area contributed by atoms with Gasteiger partial charge in [0.05, 0.1) is 17.9 Å².